The van der Waals surface area contributed by atoms with Crippen molar-refractivity contribution >= 4 is 12.0 Å². The Balaban J connectivity index is 2.67. The quantitative estimate of drug-likeness (QED) is 0.439. The summed E-state index contributed by atoms with van der Waals surface area (Å²) in [5.41, 5.74) is 1.81. The van der Waals surface area contributed by atoms with E-state index in [4.69, 9.17) is 4.74 Å². The lowest BCUT2D eigenvalue weighted by atomic mass is 10.1. The van der Waals surface area contributed by atoms with Crippen molar-refractivity contribution < 1.29 is 9.53 Å². The van der Waals surface area contributed by atoms with Crippen LogP contribution in [0.3, 0.4) is 0 Å². The highest BCUT2D eigenvalue weighted by atomic mass is 16.5. The van der Waals surface area contributed by atoms with E-state index in [9.17, 15) is 4.79 Å². The Morgan fingerprint density at radius 3 is 2.53 bits per heavy atom. The Morgan fingerprint density at radius 2 is 1.94 bits per heavy atom. The minimum Gasteiger partial charge on any atom is -0.463 e. The number of ether oxygens (including phenoxy) is 1. The van der Waals surface area contributed by atoms with Gasteiger partial charge < -0.3 is 4.74 Å². The summed E-state index contributed by atoms with van der Waals surface area (Å²) in [6.45, 7) is 4.17. The molecule has 1 aromatic carbocycles. The maximum Gasteiger partial charge on any atom is 0.333 e. The van der Waals surface area contributed by atoms with Gasteiger partial charge in [-0.2, -0.15) is 0 Å². The number of hydrogen-bond donors (Lipinski definition) is 0. The fourth-order valence-corrected chi connectivity index (χ4v) is 1.39. The molecule has 0 atom stereocenters. The normalized spacial score (nSPS) is 11.8. The number of hydrogen-bond acceptors (Lipinski definition) is 2. The Morgan fingerprint density at radius 1 is 1.24 bits per heavy atom. The highest BCUT2D eigenvalue weighted by Crippen LogP contribution is 2.06. The van der Waals surface area contributed by atoms with Gasteiger partial charge in [0.05, 0.1) is 6.61 Å². The maximum absolute atomic E-state index is 11.5. The molecule has 0 spiro atoms. The predicted molar refractivity (Wildman–Crippen MR) is 70.5 cm³/mol. The molecule has 90 valence electrons. The average molecular weight is 230 g/mol. The van der Waals surface area contributed by atoms with Gasteiger partial charge in [0.15, 0.2) is 0 Å². The first-order valence-corrected chi connectivity index (χ1v) is 5.87. The zero-order chi connectivity index (χ0) is 12.5. The van der Waals surface area contributed by atoms with Crippen molar-refractivity contribution in [2.45, 2.75) is 20.3 Å². The summed E-state index contributed by atoms with van der Waals surface area (Å²) in [5, 5.41) is 0. The minimum absolute atomic E-state index is 0.229. The molecule has 0 aromatic heterocycles. The van der Waals surface area contributed by atoms with E-state index in [0.717, 1.165) is 5.56 Å². The summed E-state index contributed by atoms with van der Waals surface area (Å²) in [6, 6.07) is 9.97. The lowest BCUT2D eigenvalue weighted by Crippen LogP contribution is -2.06. The maximum atomic E-state index is 11.5. The molecule has 2 nitrogen and oxygen atoms in total. The molecule has 0 heterocycles. The average Bonchev–Trinajstić information content (AvgIpc) is 2.36. The molecular weight excluding hydrogens is 212 g/mol. The Labute approximate surface area is 103 Å². The van der Waals surface area contributed by atoms with Crippen molar-refractivity contribution in [3.05, 3.63) is 53.6 Å². The van der Waals surface area contributed by atoms with Crippen molar-refractivity contribution in [2.24, 2.45) is 0 Å². The monoisotopic (exact) mass is 230 g/mol. The van der Waals surface area contributed by atoms with Crippen LogP contribution in [0.5, 0.6) is 0 Å². The van der Waals surface area contributed by atoms with E-state index in [2.05, 4.69) is 0 Å². The van der Waals surface area contributed by atoms with Gasteiger partial charge in [0, 0.05) is 5.57 Å². The first-order valence-electron chi connectivity index (χ1n) is 5.87. The highest BCUT2D eigenvalue weighted by molar-refractivity contribution is 5.88. The molecule has 0 bridgehead atoms. The van der Waals surface area contributed by atoms with Crippen LogP contribution in [0.15, 0.2) is 48.1 Å². The van der Waals surface area contributed by atoms with Gasteiger partial charge >= 0.3 is 5.97 Å². The van der Waals surface area contributed by atoms with E-state index in [1.165, 1.54) is 0 Å². The molecule has 0 radical (unpaired) electrons. The van der Waals surface area contributed by atoms with Crippen LogP contribution >= 0.6 is 0 Å². The third-order valence-electron chi connectivity index (χ3n) is 2.30. The molecule has 1 aromatic rings. The van der Waals surface area contributed by atoms with Gasteiger partial charge in [0.25, 0.3) is 0 Å². The molecule has 0 N–H and O–H groups in total. The lowest BCUT2D eigenvalue weighted by molar-refractivity contribution is -0.138. The van der Waals surface area contributed by atoms with Gasteiger partial charge in [-0.05, 0) is 18.9 Å². The molecule has 0 saturated carbocycles. The van der Waals surface area contributed by atoms with E-state index in [1.807, 2.05) is 62.4 Å². The SMILES string of the molecule is CCOC(=O)/C(=C/C=C/c1ccccc1)CC. The second-order valence-corrected chi connectivity index (χ2v) is 3.54. The van der Waals surface area contributed by atoms with E-state index in [0.29, 0.717) is 18.6 Å². The fraction of sp³-hybridized carbons (Fsp3) is 0.267. The molecular formula is C15H18O2. The van der Waals surface area contributed by atoms with E-state index in [1.54, 1.807) is 0 Å². The number of rotatable bonds is 5. The summed E-state index contributed by atoms with van der Waals surface area (Å²) >= 11 is 0. The first-order chi connectivity index (χ1) is 8.27. The van der Waals surface area contributed by atoms with Crippen molar-refractivity contribution in [1.82, 2.24) is 0 Å². The smallest absolute Gasteiger partial charge is 0.333 e. The zero-order valence-electron chi connectivity index (χ0n) is 10.3. The molecule has 0 unspecified atom stereocenters. The molecule has 17 heavy (non-hydrogen) atoms. The summed E-state index contributed by atoms with van der Waals surface area (Å²) in [5.74, 6) is -0.229. The van der Waals surface area contributed by atoms with E-state index in [-0.39, 0.29) is 5.97 Å². The van der Waals surface area contributed by atoms with Gasteiger partial charge in [-0.1, -0.05) is 55.5 Å². The fourth-order valence-electron chi connectivity index (χ4n) is 1.39. The molecule has 0 saturated heterocycles. The van der Waals surface area contributed by atoms with Crippen LogP contribution in [-0.2, 0) is 9.53 Å². The highest BCUT2D eigenvalue weighted by Gasteiger charge is 2.05. The van der Waals surface area contributed by atoms with E-state index < -0.39 is 0 Å². The van der Waals surface area contributed by atoms with Crippen LogP contribution in [0.2, 0.25) is 0 Å². The zero-order valence-corrected chi connectivity index (χ0v) is 10.3. The largest absolute Gasteiger partial charge is 0.463 e. The summed E-state index contributed by atoms with van der Waals surface area (Å²) in [6.07, 6.45) is 6.34. The van der Waals surface area contributed by atoms with Gasteiger partial charge in [-0.25, -0.2) is 4.79 Å². The van der Waals surface area contributed by atoms with Crippen molar-refractivity contribution in [2.75, 3.05) is 6.61 Å². The van der Waals surface area contributed by atoms with Crippen molar-refractivity contribution in [1.29, 1.82) is 0 Å². The predicted octanol–water partition coefficient (Wildman–Crippen LogP) is 3.60. The van der Waals surface area contributed by atoms with Crippen LogP contribution in [0.25, 0.3) is 6.08 Å². The van der Waals surface area contributed by atoms with Crippen LogP contribution in [-0.4, -0.2) is 12.6 Å². The van der Waals surface area contributed by atoms with Gasteiger partial charge in [0.2, 0.25) is 0 Å². The molecule has 0 fully saturated rings. The van der Waals surface area contributed by atoms with Crippen LogP contribution in [0, 0.1) is 0 Å². The van der Waals surface area contributed by atoms with Crippen LogP contribution < -0.4 is 0 Å². The summed E-state index contributed by atoms with van der Waals surface area (Å²) in [7, 11) is 0. The second-order valence-electron chi connectivity index (χ2n) is 3.54. The minimum atomic E-state index is -0.229. The molecule has 0 aliphatic rings. The second kappa shape index (κ2) is 7.44. The van der Waals surface area contributed by atoms with Gasteiger partial charge in [-0.15, -0.1) is 0 Å². The number of allylic oxidation sites excluding steroid dienone is 2. The summed E-state index contributed by atoms with van der Waals surface area (Å²) < 4.78 is 4.96. The first kappa shape index (κ1) is 13.2. The molecule has 1 rings (SSSR count). The molecule has 0 aliphatic carbocycles. The molecule has 0 aliphatic heterocycles. The lowest BCUT2D eigenvalue weighted by Gasteiger charge is -2.02. The van der Waals surface area contributed by atoms with Gasteiger partial charge in [-0.3, -0.25) is 0 Å². The Bertz CT molecular complexity index is 402. The Kier molecular flexibility index (Phi) is 5.80. The number of benzene rings is 1. The third-order valence-corrected chi connectivity index (χ3v) is 2.30. The molecule has 2 heteroatoms. The standard InChI is InChI=1S/C15H18O2/c1-3-14(15(16)17-4-2)12-8-11-13-9-6-5-7-10-13/h5-12H,3-4H2,1-2H3/b11-8+,14-12+. The third kappa shape index (κ3) is 4.68. The number of carbonyl (C=O) groups excluding carboxylic acids is 1. The van der Waals surface area contributed by atoms with Gasteiger partial charge in [0.1, 0.15) is 0 Å². The van der Waals surface area contributed by atoms with Crippen LogP contribution in [0.1, 0.15) is 25.8 Å². The van der Waals surface area contributed by atoms with Crippen molar-refractivity contribution in [3.8, 4) is 0 Å². The number of esters is 1. The topological polar surface area (TPSA) is 26.3 Å². The van der Waals surface area contributed by atoms with E-state index >= 15 is 0 Å². The molecule has 0 amide bonds. The number of carbonyl (C=O) groups is 1. The summed E-state index contributed by atoms with van der Waals surface area (Å²) in [4.78, 5) is 11.5. The van der Waals surface area contributed by atoms with Crippen LogP contribution in [0.4, 0.5) is 0 Å². The Hall–Kier alpha value is -1.83. The van der Waals surface area contributed by atoms with Crippen molar-refractivity contribution in [3.63, 3.8) is 0 Å².